The molecule has 0 heterocycles. The molecule has 1 aromatic rings. The molecular formula is C10H7ClN2O3. The summed E-state index contributed by atoms with van der Waals surface area (Å²) in [7, 11) is 1.09. The van der Waals surface area contributed by atoms with Crippen LogP contribution in [0.1, 0.15) is 5.56 Å². The third-order valence-electron chi connectivity index (χ3n) is 1.71. The van der Waals surface area contributed by atoms with Crippen molar-refractivity contribution in [2.75, 3.05) is 12.4 Å². The Hall–Kier alpha value is -2.06. The Morgan fingerprint density at radius 2 is 2.19 bits per heavy atom. The van der Waals surface area contributed by atoms with Crippen LogP contribution in [0, 0.1) is 11.3 Å². The largest absolute Gasteiger partial charge is 0.462 e. The maximum Gasteiger partial charge on any atom is 0.396 e. The van der Waals surface area contributed by atoms with Crippen molar-refractivity contribution in [1.29, 1.82) is 5.26 Å². The second-order valence-electron chi connectivity index (χ2n) is 2.75. The van der Waals surface area contributed by atoms with Crippen molar-refractivity contribution in [3.8, 4) is 6.07 Å². The molecule has 0 aliphatic heterocycles. The fraction of sp³-hybridized carbons (Fsp3) is 0.100. The molecule has 0 fully saturated rings. The molecule has 0 aliphatic carbocycles. The quantitative estimate of drug-likeness (QED) is 0.591. The van der Waals surface area contributed by atoms with Crippen LogP contribution in [-0.2, 0) is 14.3 Å². The van der Waals surface area contributed by atoms with Gasteiger partial charge in [-0.2, -0.15) is 5.26 Å². The summed E-state index contributed by atoms with van der Waals surface area (Å²) in [6.45, 7) is 0. The molecule has 0 aliphatic rings. The van der Waals surface area contributed by atoms with E-state index in [1.54, 1.807) is 0 Å². The van der Waals surface area contributed by atoms with Gasteiger partial charge in [-0.3, -0.25) is 4.79 Å². The van der Waals surface area contributed by atoms with Crippen LogP contribution in [0.2, 0.25) is 5.02 Å². The van der Waals surface area contributed by atoms with E-state index in [4.69, 9.17) is 16.9 Å². The van der Waals surface area contributed by atoms with Gasteiger partial charge in [0.05, 0.1) is 29.5 Å². The van der Waals surface area contributed by atoms with Crippen LogP contribution in [-0.4, -0.2) is 19.0 Å². The summed E-state index contributed by atoms with van der Waals surface area (Å²) in [5.74, 6) is -1.97. The molecule has 0 radical (unpaired) electrons. The number of methoxy groups -OCH3 is 1. The number of benzene rings is 1. The van der Waals surface area contributed by atoms with Crippen molar-refractivity contribution in [3.05, 3.63) is 28.8 Å². The van der Waals surface area contributed by atoms with Crippen LogP contribution >= 0.6 is 11.6 Å². The van der Waals surface area contributed by atoms with E-state index >= 15 is 0 Å². The lowest BCUT2D eigenvalue weighted by molar-refractivity contribution is -0.150. The number of nitriles is 1. The number of rotatable bonds is 1. The Morgan fingerprint density at radius 1 is 1.50 bits per heavy atom. The zero-order valence-corrected chi connectivity index (χ0v) is 9.04. The molecule has 0 saturated heterocycles. The summed E-state index contributed by atoms with van der Waals surface area (Å²) in [4.78, 5) is 22.0. The number of halogens is 1. The van der Waals surface area contributed by atoms with Crippen molar-refractivity contribution in [3.63, 3.8) is 0 Å². The van der Waals surface area contributed by atoms with Crippen molar-refractivity contribution in [2.45, 2.75) is 0 Å². The van der Waals surface area contributed by atoms with E-state index in [0.717, 1.165) is 7.11 Å². The molecule has 0 atom stereocenters. The molecule has 1 N–H and O–H groups in total. The highest BCUT2D eigenvalue weighted by Crippen LogP contribution is 2.22. The normalized spacial score (nSPS) is 9.06. The molecule has 5 nitrogen and oxygen atoms in total. The number of esters is 1. The summed E-state index contributed by atoms with van der Waals surface area (Å²) in [5, 5.41) is 11.1. The number of carbonyl (C=O) groups is 2. The van der Waals surface area contributed by atoms with Crippen LogP contribution in [0.15, 0.2) is 18.2 Å². The first kappa shape index (κ1) is 12.0. The molecule has 0 saturated carbocycles. The molecule has 1 aromatic carbocycles. The van der Waals surface area contributed by atoms with Crippen LogP contribution in [0.25, 0.3) is 0 Å². The maximum absolute atomic E-state index is 11.2. The van der Waals surface area contributed by atoms with Gasteiger partial charge in [0.1, 0.15) is 0 Å². The van der Waals surface area contributed by atoms with Gasteiger partial charge >= 0.3 is 11.9 Å². The molecule has 1 rings (SSSR count). The van der Waals surface area contributed by atoms with E-state index < -0.39 is 11.9 Å². The fourth-order valence-corrected chi connectivity index (χ4v) is 1.12. The van der Waals surface area contributed by atoms with Gasteiger partial charge in [0.15, 0.2) is 0 Å². The number of nitrogens with zero attached hydrogens (tertiary/aromatic N) is 1. The Kier molecular flexibility index (Phi) is 3.86. The number of nitrogens with one attached hydrogen (secondary N) is 1. The lowest BCUT2D eigenvalue weighted by Gasteiger charge is -2.05. The van der Waals surface area contributed by atoms with E-state index in [1.807, 2.05) is 6.07 Å². The van der Waals surface area contributed by atoms with E-state index in [0.29, 0.717) is 5.56 Å². The molecule has 0 spiro atoms. The number of carbonyl (C=O) groups excluding carboxylic acids is 2. The van der Waals surface area contributed by atoms with Gasteiger partial charge in [-0.15, -0.1) is 0 Å². The average molecular weight is 239 g/mol. The zero-order valence-electron chi connectivity index (χ0n) is 8.28. The minimum Gasteiger partial charge on any atom is -0.462 e. The lowest BCUT2D eigenvalue weighted by atomic mass is 10.2. The highest BCUT2D eigenvalue weighted by molar-refractivity contribution is 6.39. The van der Waals surface area contributed by atoms with Crippen LogP contribution in [0.3, 0.4) is 0 Å². The predicted octanol–water partition coefficient (Wildman–Crippen LogP) is 1.32. The molecule has 0 unspecified atom stereocenters. The molecular weight excluding hydrogens is 232 g/mol. The van der Waals surface area contributed by atoms with Gasteiger partial charge in [0, 0.05) is 0 Å². The van der Waals surface area contributed by atoms with Gasteiger partial charge in [0.25, 0.3) is 0 Å². The van der Waals surface area contributed by atoms with Crippen molar-refractivity contribution >= 4 is 29.2 Å². The number of anilines is 1. The summed E-state index contributed by atoms with van der Waals surface area (Å²) >= 11 is 5.77. The first-order valence-corrected chi connectivity index (χ1v) is 4.55. The minimum atomic E-state index is -1.03. The maximum atomic E-state index is 11.2. The third kappa shape index (κ3) is 2.72. The first-order valence-electron chi connectivity index (χ1n) is 4.17. The fourth-order valence-electron chi connectivity index (χ4n) is 0.957. The molecule has 16 heavy (non-hydrogen) atoms. The van der Waals surface area contributed by atoms with Crippen LogP contribution < -0.4 is 5.32 Å². The topological polar surface area (TPSA) is 79.2 Å². The molecule has 82 valence electrons. The van der Waals surface area contributed by atoms with Crippen LogP contribution in [0.4, 0.5) is 5.69 Å². The van der Waals surface area contributed by atoms with Gasteiger partial charge in [-0.05, 0) is 18.2 Å². The van der Waals surface area contributed by atoms with Gasteiger partial charge in [-0.1, -0.05) is 11.6 Å². The second-order valence-corrected chi connectivity index (χ2v) is 3.16. The van der Waals surface area contributed by atoms with E-state index in [1.165, 1.54) is 18.2 Å². The second kappa shape index (κ2) is 5.14. The van der Waals surface area contributed by atoms with Crippen molar-refractivity contribution < 1.29 is 14.3 Å². The summed E-state index contributed by atoms with van der Waals surface area (Å²) in [5.41, 5.74) is 0.515. The Labute approximate surface area is 96.6 Å². The van der Waals surface area contributed by atoms with Crippen molar-refractivity contribution in [1.82, 2.24) is 0 Å². The highest BCUT2D eigenvalue weighted by Gasteiger charge is 2.15. The predicted molar refractivity (Wildman–Crippen MR) is 56.8 cm³/mol. The average Bonchev–Trinajstić information content (AvgIpc) is 2.30. The van der Waals surface area contributed by atoms with E-state index in [2.05, 4.69) is 10.1 Å². The summed E-state index contributed by atoms with van der Waals surface area (Å²) in [6.07, 6.45) is 0. The lowest BCUT2D eigenvalue weighted by Crippen LogP contribution is -2.24. The van der Waals surface area contributed by atoms with Gasteiger partial charge in [0.2, 0.25) is 0 Å². The Morgan fingerprint density at radius 3 is 2.75 bits per heavy atom. The minimum absolute atomic E-state index is 0.191. The molecule has 6 heteroatoms. The summed E-state index contributed by atoms with van der Waals surface area (Å²) in [6, 6.07) is 6.20. The number of hydrogen-bond acceptors (Lipinski definition) is 4. The summed E-state index contributed by atoms with van der Waals surface area (Å²) < 4.78 is 4.22. The zero-order chi connectivity index (χ0) is 12.1. The monoisotopic (exact) mass is 238 g/mol. The first-order chi connectivity index (χ1) is 7.58. The van der Waals surface area contributed by atoms with Crippen LogP contribution in [0.5, 0.6) is 0 Å². The molecule has 0 bridgehead atoms. The SMILES string of the molecule is COC(=O)C(=O)Nc1cc(C#N)ccc1Cl. The highest BCUT2D eigenvalue weighted by atomic mass is 35.5. The van der Waals surface area contributed by atoms with Gasteiger partial charge < -0.3 is 10.1 Å². The number of amides is 1. The Balaban J connectivity index is 2.93. The number of ether oxygens (including phenoxy) is 1. The smallest absolute Gasteiger partial charge is 0.396 e. The van der Waals surface area contributed by atoms with Crippen molar-refractivity contribution in [2.24, 2.45) is 0 Å². The molecule has 0 aromatic heterocycles. The van der Waals surface area contributed by atoms with E-state index in [9.17, 15) is 9.59 Å². The van der Waals surface area contributed by atoms with E-state index in [-0.39, 0.29) is 10.7 Å². The standard InChI is InChI=1S/C10H7ClN2O3/c1-16-10(15)9(14)13-8-4-6(5-12)2-3-7(8)11/h2-4H,1H3,(H,13,14). The number of hydrogen-bond donors (Lipinski definition) is 1. The van der Waals surface area contributed by atoms with Gasteiger partial charge in [-0.25, -0.2) is 4.79 Å². The molecule has 1 amide bonds. The third-order valence-corrected chi connectivity index (χ3v) is 2.04. The Bertz CT molecular complexity index is 479.